The van der Waals surface area contributed by atoms with Gasteiger partial charge in [0.2, 0.25) is 0 Å². The Morgan fingerprint density at radius 1 is 1.22 bits per heavy atom. The van der Waals surface area contributed by atoms with Crippen LogP contribution in [0.1, 0.15) is 32.4 Å². The van der Waals surface area contributed by atoms with Crippen LogP contribution in [0.2, 0.25) is 0 Å². The lowest BCUT2D eigenvalue weighted by atomic mass is 9.91. The van der Waals surface area contributed by atoms with Crippen LogP contribution >= 0.6 is 0 Å². The van der Waals surface area contributed by atoms with Gasteiger partial charge in [-0.3, -0.25) is 9.67 Å². The molecular formula is C14H20N4. The highest BCUT2D eigenvalue weighted by molar-refractivity contribution is 5.74. The average molecular weight is 244 g/mol. The van der Waals surface area contributed by atoms with Crippen molar-refractivity contribution in [1.82, 2.24) is 14.8 Å². The molecule has 0 saturated heterocycles. The molecule has 18 heavy (non-hydrogen) atoms. The highest BCUT2D eigenvalue weighted by Gasteiger charge is 2.22. The number of hydrogen-bond donors (Lipinski definition) is 1. The van der Waals surface area contributed by atoms with E-state index in [0.717, 1.165) is 17.0 Å². The molecule has 2 N–H and O–H groups in total. The molecule has 0 saturated carbocycles. The Labute approximate surface area is 108 Å². The van der Waals surface area contributed by atoms with Gasteiger partial charge in [0.1, 0.15) is 5.82 Å². The van der Waals surface area contributed by atoms with Crippen molar-refractivity contribution in [2.24, 2.45) is 13.0 Å². The summed E-state index contributed by atoms with van der Waals surface area (Å²) in [5.74, 6) is 1.54. The first-order valence-corrected chi connectivity index (χ1v) is 6.26. The normalized spacial score (nSPS) is 12.9. The molecule has 0 spiro atoms. The molecule has 2 heterocycles. The molecule has 4 heteroatoms. The summed E-state index contributed by atoms with van der Waals surface area (Å²) in [6, 6.07) is 5.85. The van der Waals surface area contributed by atoms with Crippen LogP contribution in [0.4, 0.5) is 5.82 Å². The van der Waals surface area contributed by atoms with Gasteiger partial charge in [-0.2, -0.15) is 5.10 Å². The molecule has 0 aliphatic carbocycles. The van der Waals surface area contributed by atoms with Gasteiger partial charge in [-0.25, -0.2) is 0 Å². The number of nitrogens with zero attached hydrogens (tertiary/aromatic N) is 3. The van der Waals surface area contributed by atoms with E-state index in [1.807, 2.05) is 25.2 Å². The lowest BCUT2D eigenvalue weighted by Crippen LogP contribution is -2.05. The van der Waals surface area contributed by atoms with E-state index in [2.05, 4.69) is 30.9 Å². The van der Waals surface area contributed by atoms with Crippen LogP contribution in [-0.2, 0) is 7.05 Å². The second kappa shape index (κ2) is 4.80. The minimum Gasteiger partial charge on any atom is -0.383 e. The molecule has 1 unspecified atom stereocenters. The summed E-state index contributed by atoms with van der Waals surface area (Å²) in [4.78, 5) is 4.39. The first-order chi connectivity index (χ1) is 8.52. The summed E-state index contributed by atoms with van der Waals surface area (Å²) in [6.45, 7) is 6.56. The lowest BCUT2D eigenvalue weighted by molar-refractivity contribution is 0.517. The number of pyridine rings is 1. The first kappa shape index (κ1) is 12.6. The standard InChI is InChI=1S/C14H20N4/c1-9(2)10(3)13-12(14(15)18(4)17-13)11-7-5-6-8-16-11/h5-10H,15H2,1-4H3. The third-order valence-corrected chi connectivity index (χ3v) is 3.47. The molecule has 0 bridgehead atoms. The van der Waals surface area contributed by atoms with E-state index in [9.17, 15) is 0 Å². The van der Waals surface area contributed by atoms with Crippen LogP contribution in [0, 0.1) is 5.92 Å². The molecule has 0 aromatic carbocycles. The van der Waals surface area contributed by atoms with Crippen molar-refractivity contribution in [1.29, 1.82) is 0 Å². The molecule has 4 nitrogen and oxygen atoms in total. The Morgan fingerprint density at radius 2 is 1.94 bits per heavy atom. The minimum atomic E-state index is 0.352. The summed E-state index contributed by atoms with van der Waals surface area (Å²) in [7, 11) is 1.87. The van der Waals surface area contributed by atoms with E-state index < -0.39 is 0 Å². The Bertz CT molecular complexity index is 528. The number of rotatable bonds is 3. The Morgan fingerprint density at radius 3 is 2.50 bits per heavy atom. The topological polar surface area (TPSA) is 56.7 Å². The van der Waals surface area contributed by atoms with Crippen LogP contribution < -0.4 is 5.73 Å². The van der Waals surface area contributed by atoms with Crippen molar-refractivity contribution in [3.05, 3.63) is 30.1 Å². The van der Waals surface area contributed by atoms with E-state index in [1.165, 1.54) is 0 Å². The van der Waals surface area contributed by atoms with Crippen LogP contribution in [-0.4, -0.2) is 14.8 Å². The van der Waals surface area contributed by atoms with Crippen LogP contribution in [0.5, 0.6) is 0 Å². The number of aryl methyl sites for hydroxylation is 1. The first-order valence-electron chi connectivity index (χ1n) is 6.26. The summed E-state index contributed by atoms with van der Waals surface area (Å²) in [5.41, 5.74) is 9.03. The van der Waals surface area contributed by atoms with E-state index in [-0.39, 0.29) is 0 Å². The van der Waals surface area contributed by atoms with E-state index in [1.54, 1.807) is 10.9 Å². The molecule has 0 radical (unpaired) electrons. The molecule has 2 rings (SSSR count). The van der Waals surface area contributed by atoms with Crippen molar-refractivity contribution in [2.75, 3.05) is 5.73 Å². The zero-order chi connectivity index (χ0) is 13.3. The van der Waals surface area contributed by atoms with Crippen molar-refractivity contribution in [3.8, 4) is 11.3 Å². The SMILES string of the molecule is CC(C)C(C)c1nn(C)c(N)c1-c1ccccn1. The summed E-state index contributed by atoms with van der Waals surface area (Å²) in [5, 5.41) is 4.56. The highest BCUT2D eigenvalue weighted by Crippen LogP contribution is 2.35. The van der Waals surface area contributed by atoms with Gasteiger partial charge in [-0.1, -0.05) is 26.8 Å². The maximum Gasteiger partial charge on any atom is 0.131 e. The second-order valence-electron chi connectivity index (χ2n) is 5.02. The van der Waals surface area contributed by atoms with Gasteiger partial charge in [0, 0.05) is 19.2 Å². The maximum atomic E-state index is 6.13. The van der Waals surface area contributed by atoms with E-state index in [4.69, 9.17) is 5.73 Å². The molecular weight excluding hydrogens is 224 g/mol. The summed E-state index contributed by atoms with van der Waals surface area (Å²) in [6.07, 6.45) is 1.78. The predicted octanol–water partition coefficient (Wildman–Crippen LogP) is 2.82. The smallest absolute Gasteiger partial charge is 0.131 e. The van der Waals surface area contributed by atoms with Crippen molar-refractivity contribution < 1.29 is 0 Å². The number of anilines is 1. The Balaban J connectivity index is 2.59. The van der Waals surface area contributed by atoms with Crippen LogP contribution in [0.3, 0.4) is 0 Å². The molecule has 0 amide bonds. The minimum absolute atomic E-state index is 0.352. The van der Waals surface area contributed by atoms with Gasteiger partial charge in [0.05, 0.1) is 17.0 Å². The summed E-state index contributed by atoms with van der Waals surface area (Å²) >= 11 is 0. The van der Waals surface area contributed by atoms with Crippen molar-refractivity contribution in [3.63, 3.8) is 0 Å². The van der Waals surface area contributed by atoms with Crippen LogP contribution in [0.15, 0.2) is 24.4 Å². The van der Waals surface area contributed by atoms with Gasteiger partial charge >= 0.3 is 0 Å². The predicted molar refractivity (Wildman–Crippen MR) is 74.1 cm³/mol. The molecule has 0 fully saturated rings. The quantitative estimate of drug-likeness (QED) is 0.903. The molecule has 1 atom stereocenters. The summed E-state index contributed by atoms with van der Waals surface area (Å²) < 4.78 is 1.73. The molecule has 96 valence electrons. The number of aromatic nitrogens is 3. The fourth-order valence-electron chi connectivity index (χ4n) is 1.97. The molecule has 0 aliphatic heterocycles. The van der Waals surface area contributed by atoms with Crippen molar-refractivity contribution >= 4 is 5.82 Å². The van der Waals surface area contributed by atoms with Crippen molar-refractivity contribution in [2.45, 2.75) is 26.7 Å². The fraction of sp³-hybridized carbons (Fsp3) is 0.429. The third kappa shape index (κ3) is 2.10. The van der Waals surface area contributed by atoms with E-state index >= 15 is 0 Å². The van der Waals surface area contributed by atoms with Gasteiger partial charge in [-0.05, 0) is 18.1 Å². The lowest BCUT2D eigenvalue weighted by Gasteiger charge is -2.14. The molecule has 2 aromatic heterocycles. The highest BCUT2D eigenvalue weighted by atomic mass is 15.3. The Hall–Kier alpha value is -1.84. The monoisotopic (exact) mass is 244 g/mol. The van der Waals surface area contributed by atoms with Gasteiger partial charge < -0.3 is 5.73 Å². The van der Waals surface area contributed by atoms with Gasteiger partial charge in [0.15, 0.2) is 0 Å². The third-order valence-electron chi connectivity index (χ3n) is 3.47. The number of hydrogen-bond acceptors (Lipinski definition) is 3. The van der Waals surface area contributed by atoms with E-state index in [0.29, 0.717) is 17.7 Å². The zero-order valence-corrected chi connectivity index (χ0v) is 11.4. The Kier molecular flexibility index (Phi) is 3.36. The maximum absolute atomic E-state index is 6.13. The fourth-order valence-corrected chi connectivity index (χ4v) is 1.97. The number of nitrogens with two attached hydrogens (primary N) is 1. The largest absolute Gasteiger partial charge is 0.383 e. The molecule has 2 aromatic rings. The average Bonchev–Trinajstić information content (AvgIpc) is 2.66. The van der Waals surface area contributed by atoms with Gasteiger partial charge in [-0.15, -0.1) is 0 Å². The van der Waals surface area contributed by atoms with Crippen LogP contribution in [0.25, 0.3) is 11.3 Å². The zero-order valence-electron chi connectivity index (χ0n) is 11.4. The number of nitrogen functional groups attached to an aromatic ring is 1. The van der Waals surface area contributed by atoms with Gasteiger partial charge in [0.25, 0.3) is 0 Å². The second-order valence-corrected chi connectivity index (χ2v) is 5.02. The molecule has 0 aliphatic rings.